The van der Waals surface area contributed by atoms with Crippen LogP contribution in [0, 0.1) is 5.41 Å². The first-order chi connectivity index (χ1) is 8.34. The maximum Gasteiger partial charge on any atom is 0.271 e. The molecule has 0 radical (unpaired) electrons. The van der Waals surface area contributed by atoms with Crippen LogP contribution in [-0.2, 0) is 6.42 Å². The molecule has 18 heavy (non-hydrogen) atoms. The number of rotatable bonds is 5. The van der Waals surface area contributed by atoms with E-state index in [2.05, 4.69) is 22.4 Å². The summed E-state index contributed by atoms with van der Waals surface area (Å²) < 4.78 is 0. The van der Waals surface area contributed by atoms with E-state index in [4.69, 9.17) is 0 Å². The van der Waals surface area contributed by atoms with E-state index in [0.717, 1.165) is 18.5 Å². The first-order valence-electron chi connectivity index (χ1n) is 6.35. The number of nitrogens with one attached hydrogen (secondary N) is 2. The Morgan fingerprint density at radius 3 is 2.78 bits per heavy atom. The van der Waals surface area contributed by atoms with E-state index in [0.29, 0.717) is 5.69 Å². The van der Waals surface area contributed by atoms with Crippen LogP contribution in [0.4, 0.5) is 0 Å². The lowest BCUT2D eigenvalue weighted by molar-refractivity contribution is 0.0585. The van der Waals surface area contributed by atoms with Gasteiger partial charge in [0, 0.05) is 12.2 Å². The lowest BCUT2D eigenvalue weighted by Gasteiger charge is -2.25. The van der Waals surface area contributed by atoms with Gasteiger partial charge in [0.2, 0.25) is 0 Å². The Balaban J connectivity index is 2.50. The van der Waals surface area contributed by atoms with Gasteiger partial charge >= 0.3 is 0 Å². The van der Waals surface area contributed by atoms with Gasteiger partial charge in [0.25, 0.3) is 5.91 Å². The molecule has 1 aromatic rings. The number of aromatic nitrogens is 2. The lowest BCUT2D eigenvalue weighted by Crippen LogP contribution is -2.39. The van der Waals surface area contributed by atoms with Crippen LogP contribution in [0.1, 0.15) is 50.3 Å². The van der Waals surface area contributed by atoms with Crippen molar-refractivity contribution in [2.24, 2.45) is 5.41 Å². The molecule has 0 aromatic carbocycles. The Bertz CT molecular complexity index is 393. The molecule has 3 N–H and O–H groups in total. The normalized spacial score (nSPS) is 13.4. The fraction of sp³-hybridized carbons (Fsp3) is 0.692. The minimum Gasteiger partial charge on any atom is -0.391 e. The minimum atomic E-state index is -0.574. The number of aliphatic hydroxyl groups is 1. The zero-order valence-corrected chi connectivity index (χ0v) is 11.6. The molecule has 1 heterocycles. The molecule has 0 fully saturated rings. The van der Waals surface area contributed by atoms with Crippen LogP contribution in [0.15, 0.2) is 6.07 Å². The van der Waals surface area contributed by atoms with Crippen molar-refractivity contribution < 1.29 is 9.90 Å². The Labute approximate surface area is 108 Å². The Morgan fingerprint density at radius 2 is 2.22 bits per heavy atom. The van der Waals surface area contributed by atoms with Crippen molar-refractivity contribution in [2.45, 2.75) is 46.6 Å². The zero-order valence-electron chi connectivity index (χ0n) is 11.6. The number of carbonyl (C=O) groups excluding carboxylic acids is 1. The number of amides is 1. The summed E-state index contributed by atoms with van der Waals surface area (Å²) in [5.41, 5.74) is 1.09. The summed E-state index contributed by atoms with van der Waals surface area (Å²) in [5.74, 6) is -0.253. The maximum absolute atomic E-state index is 11.8. The van der Waals surface area contributed by atoms with Crippen LogP contribution >= 0.6 is 0 Å². The fourth-order valence-electron chi connectivity index (χ4n) is 1.46. The van der Waals surface area contributed by atoms with E-state index in [1.807, 2.05) is 20.8 Å². The van der Waals surface area contributed by atoms with Crippen LogP contribution in [0.2, 0.25) is 0 Å². The van der Waals surface area contributed by atoms with Gasteiger partial charge in [-0.05, 0) is 17.9 Å². The highest BCUT2D eigenvalue weighted by atomic mass is 16.3. The van der Waals surface area contributed by atoms with Gasteiger partial charge in [-0.25, -0.2) is 0 Å². The molecule has 1 unspecified atom stereocenters. The van der Waals surface area contributed by atoms with Gasteiger partial charge in [-0.2, -0.15) is 5.10 Å². The number of hydrogen-bond acceptors (Lipinski definition) is 3. The molecule has 102 valence electrons. The number of carbonyl (C=O) groups is 1. The van der Waals surface area contributed by atoms with Crippen molar-refractivity contribution in [1.29, 1.82) is 0 Å². The number of hydrogen-bond donors (Lipinski definition) is 3. The number of aliphatic hydroxyl groups excluding tert-OH is 1. The van der Waals surface area contributed by atoms with Gasteiger partial charge in [0.1, 0.15) is 5.69 Å². The first-order valence-corrected chi connectivity index (χ1v) is 6.35. The van der Waals surface area contributed by atoms with Crippen LogP contribution < -0.4 is 5.32 Å². The number of H-pyrrole nitrogens is 1. The Morgan fingerprint density at radius 1 is 1.56 bits per heavy atom. The van der Waals surface area contributed by atoms with Crippen molar-refractivity contribution >= 4 is 5.91 Å². The van der Waals surface area contributed by atoms with Crippen LogP contribution in [0.5, 0.6) is 0 Å². The molecule has 0 saturated heterocycles. The molecule has 5 nitrogen and oxygen atoms in total. The van der Waals surface area contributed by atoms with E-state index in [9.17, 15) is 9.90 Å². The molecule has 1 atom stereocenters. The number of aryl methyl sites for hydroxylation is 1. The monoisotopic (exact) mass is 253 g/mol. The van der Waals surface area contributed by atoms with E-state index in [1.54, 1.807) is 6.07 Å². The van der Waals surface area contributed by atoms with E-state index in [1.165, 1.54) is 0 Å². The SMILES string of the molecule is CCCc1cc(C(=O)NCC(O)C(C)(C)C)n[nH]1. The Kier molecular flexibility index (Phi) is 4.90. The molecule has 0 aliphatic carbocycles. The van der Waals surface area contributed by atoms with Crippen LogP contribution in [-0.4, -0.2) is 33.9 Å². The molecular weight excluding hydrogens is 230 g/mol. The van der Waals surface area contributed by atoms with Crippen LogP contribution in [0.25, 0.3) is 0 Å². The van der Waals surface area contributed by atoms with Gasteiger partial charge in [-0.3, -0.25) is 9.89 Å². The standard InChI is InChI=1S/C13H23N3O2/c1-5-6-9-7-10(16-15-9)12(18)14-8-11(17)13(2,3)4/h7,11,17H,5-6,8H2,1-4H3,(H,14,18)(H,15,16). The third-order valence-corrected chi connectivity index (χ3v) is 2.84. The summed E-state index contributed by atoms with van der Waals surface area (Å²) >= 11 is 0. The van der Waals surface area contributed by atoms with E-state index >= 15 is 0 Å². The van der Waals surface area contributed by atoms with Gasteiger partial charge in [0.05, 0.1) is 6.10 Å². The summed E-state index contributed by atoms with van der Waals surface area (Å²) in [4.78, 5) is 11.8. The predicted octanol–water partition coefficient (Wildman–Crippen LogP) is 1.50. The topological polar surface area (TPSA) is 78.0 Å². The smallest absolute Gasteiger partial charge is 0.271 e. The van der Waals surface area contributed by atoms with Crippen molar-refractivity contribution in [3.63, 3.8) is 0 Å². The van der Waals surface area contributed by atoms with Gasteiger partial charge in [0.15, 0.2) is 0 Å². The minimum absolute atomic E-state index is 0.234. The number of aromatic amines is 1. The first kappa shape index (κ1) is 14.7. The summed E-state index contributed by atoms with van der Waals surface area (Å²) in [7, 11) is 0. The summed E-state index contributed by atoms with van der Waals surface area (Å²) in [6.07, 6.45) is 1.31. The second-order valence-corrected chi connectivity index (χ2v) is 5.62. The van der Waals surface area contributed by atoms with Crippen molar-refractivity contribution in [2.75, 3.05) is 6.54 Å². The summed E-state index contributed by atoms with van der Waals surface area (Å²) in [5, 5.41) is 19.3. The van der Waals surface area contributed by atoms with E-state index < -0.39 is 6.10 Å². The lowest BCUT2D eigenvalue weighted by atomic mass is 9.89. The third-order valence-electron chi connectivity index (χ3n) is 2.84. The molecule has 0 aliphatic heterocycles. The number of nitrogens with zero attached hydrogens (tertiary/aromatic N) is 1. The third kappa shape index (κ3) is 4.14. The quantitative estimate of drug-likeness (QED) is 0.744. The van der Waals surface area contributed by atoms with Crippen molar-refractivity contribution in [3.8, 4) is 0 Å². The van der Waals surface area contributed by atoms with Crippen LogP contribution in [0.3, 0.4) is 0 Å². The summed E-state index contributed by atoms with van der Waals surface area (Å²) in [6.45, 7) is 8.09. The second kappa shape index (κ2) is 6.00. The second-order valence-electron chi connectivity index (χ2n) is 5.62. The fourth-order valence-corrected chi connectivity index (χ4v) is 1.46. The molecule has 0 bridgehead atoms. The highest BCUT2D eigenvalue weighted by molar-refractivity contribution is 5.92. The van der Waals surface area contributed by atoms with Gasteiger partial charge in [-0.15, -0.1) is 0 Å². The molecule has 0 spiro atoms. The molecule has 1 amide bonds. The zero-order chi connectivity index (χ0) is 13.8. The maximum atomic E-state index is 11.8. The highest BCUT2D eigenvalue weighted by Crippen LogP contribution is 2.18. The largest absolute Gasteiger partial charge is 0.391 e. The van der Waals surface area contributed by atoms with Gasteiger partial charge < -0.3 is 10.4 Å². The molecule has 5 heteroatoms. The molecule has 1 rings (SSSR count). The Hall–Kier alpha value is -1.36. The molecule has 0 aliphatic rings. The highest BCUT2D eigenvalue weighted by Gasteiger charge is 2.23. The summed E-state index contributed by atoms with van der Waals surface area (Å²) in [6, 6.07) is 1.75. The molecule has 0 saturated carbocycles. The van der Waals surface area contributed by atoms with Crippen molar-refractivity contribution in [1.82, 2.24) is 15.5 Å². The molecule has 1 aromatic heterocycles. The molecular formula is C13H23N3O2. The van der Waals surface area contributed by atoms with Gasteiger partial charge in [-0.1, -0.05) is 34.1 Å². The van der Waals surface area contributed by atoms with Crippen molar-refractivity contribution in [3.05, 3.63) is 17.5 Å². The predicted molar refractivity (Wildman–Crippen MR) is 70.4 cm³/mol. The van der Waals surface area contributed by atoms with E-state index in [-0.39, 0.29) is 17.9 Å². The average molecular weight is 253 g/mol. The average Bonchev–Trinajstić information content (AvgIpc) is 2.73.